The molecule has 0 fully saturated rings. The van der Waals surface area contributed by atoms with E-state index in [0.29, 0.717) is 24.6 Å². The molecule has 0 aromatic heterocycles. The van der Waals surface area contributed by atoms with Crippen molar-refractivity contribution in [3.05, 3.63) is 28.3 Å². The molecule has 1 aromatic rings. The molecule has 0 amide bonds. The molecule has 2 nitrogen and oxygen atoms in total. The summed E-state index contributed by atoms with van der Waals surface area (Å²) in [5, 5.41) is 3.08. The number of ether oxygens (including phenoxy) is 1. The van der Waals surface area contributed by atoms with Crippen LogP contribution in [0.5, 0.6) is 5.75 Å². The summed E-state index contributed by atoms with van der Waals surface area (Å²) in [7, 11) is 0. The Bertz CT molecular complexity index is 476. The van der Waals surface area contributed by atoms with Crippen molar-refractivity contribution in [1.29, 1.82) is 0 Å². The molecule has 0 saturated heterocycles. The topological polar surface area (TPSA) is 21.3 Å². The number of nitrogens with one attached hydrogen (secondary N) is 1. The summed E-state index contributed by atoms with van der Waals surface area (Å²) in [6, 6.07) is 3.73. The highest BCUT2D eigenvalue weighted by molar-refractivity contribution is 6.30. The fourth-order valence-electron chi connectivity index (χ4n) is 2.41. The van der Waals surface area contributed by atoms with Crippen molar-refractivity contribution in [2.24, 2.45) is 5.92 Å². The lowest BCUT2D eigenvalue weighted by molar-refractivity contribution is -0.125. The van der Waals surface area contributed by atoms with Crippen LogP contribution < -0.4 is 10.1 Å². The molecule has 1 heterocycles. The van der Waals surface area contributed by atoms with Crippen LogP contribution in [0.15, 0.2) is 12.1 Å². The maximum absolute atomic E-state index is 12.1. The van der Waals surface area contributed by atoms with Gasteiger partial charge in [0.2, 0.25) is 0 Å². The van der Waals surface area contributed by atoms with E-state index in [-0.39, 0.29) is 5.92 Å². The molecule has 0 aliphatic carbocycles. The Hall–Kier alpha value is -0.940. The number of hydrogen-bond donors (Lipinski definition) is 1. The van der Waals surface area contributed by atoms with Gasteiger partial charge in [0.25, 0.3) is 0 Å². The summed E-state index contributed by atoms with van der Waals surface area (Å²) in [5.41, 5.74) is 2.06. The summed E-state index contributed by atoms with van der Waals surface area (Å²) in [4.78, 5) is 0. The first-order valence-electron chi connectivity index (χ1n) is 6.57. The Labute approximate surface area is 121 Å². The van der Waals surface area contributed by atoms with Crippen LogP contribution in [0.3, 0.4) is 0 Å². The van der Waals surface area contributed by atoms with Crippen molar-refractivity contribution >= 4 is 11.6 Å². The average Bonchev–Trinajstić information content (AvgIpc) is 2.74. The van der Waals surface area contributed by atoms with Gasteiger partial charge in [0.15, 0.2) is 0 Å². The molecule has 0 bridgehead atoms. The lowest BCUT2D eigenvalue weighted by Crippen LogP contribution is -2.32. The van der Waals surface area contributed by atoms with Crippen LogP contribution in [0.2, 0.25) is 5.02 Å². The summed E-state index contributed by atoms with van der Waals surface area (Å²) < 4.78 is 41.8. The van der Waals surface area contributed by atoms with Gasteiger partial charge in [0, 0.05) is 11.4 Å². The molecule has 1 N–H and O–H groups in total. The Morgan fingerprint density at radius 1 is 1.40 bits per heavy atom. The van der Waals surface area contributed by atoms with E-state index in [1.807, 2.05) is 19.1 Å². The van der Waals surface area contributed by atoms with Gasteiger partial charge in [-0.05, 0) is 42.1 Å². The smallest absolute Gasteiger partial charge is 0.401 e. The second kappa shape index (κ2) is 6.22. The first-order chi connectivity index (χ1) is 9.35. The van der Waals surface area contributed by atoms with E-state index in [9.17, 15) is 13.2 Å². The van der Waals surface area contributed by atoms with Gasteiger partial charge in [0.1, 0.15) is 5.75 Å². The Kier molecular flexibility index (Phi) is 4.81. The van der Waals surface area contributed by atoms with Crippen molar-refractivity contribution in [2.45, 2.75) is 25.9 Å². The van der Waals surface area contributed by atoms with Crippen LogP contribution in [0.1, 0.15) is 18.1 Å². The molecular weight excluding hydrogens is 291 g/mol. The van der Waals surface area contributed by atoms with Crippen molar-refractivity contribution in [1.82, 2.24) is 5.32 Å². The second-order valence-corrected chi connectivity index (χ2v) is 5.64. The van der Waals surface area contributed by atoms with E-state index >= 15 is 0 Å². The Balaban J connectivity index is 1.93. The zero-order valence-electron chi connectivity index (χ0n) is 11.2. The van der Waals surface area contributed by atoms with E-state index in [0.717, 1.165) is 23.3 Å². The molecule has 6 heteroatoms. The highest BCUT2D eigenvalue weighted by atomic mass is 35.5. The fraction of sp³-hybridized carbons (Fsp3) is 0.571. The van der Waals surface area contributed by atoms with Gasteiger partial charge in [-0.15, -0.1) is 0 Å². The van der Waals surface area contributed by atoms with Crippen LogP contribution in [0.25, 0.3) is 0 Å². The number of hydrogen-bond acceptors (Lipinski definition) is 2. The number of alkyl halides is 3. The van der Waals surface area contributed by atoms with Gasteiger partial charge in [-0.1, -0.05) is 18.5 Å². The molecule has 1 atom stereocenters. The molecule has 20 heavy (non-hydrogen) atoms. The maximum atomic E-state index is 12.1. The summed E-state index contributed by atoms with van der Waals surface area (Å²) in [6.45, 7) is 1.90. The Morgan fingerprint density at radius 2 is 2.15 bits per heavy atom. The third kappa shape index (κ3) is 4.28. The van der Waals surface area contributed by atoms with E-state index in [4.69, 9.17) is 16.3 Å². The number of fused-ring (bicyclic) bond motifs is 1. The SMILES string of the molecule is CC(CNCC(F)(F)F)Cc1cc(Cl)cc2c1OCC2. The minimum Gasteiger partial charge on any atom is -0.493 e. The first-order valence-corrected chi connectivity index (χ1v) is 6.94. The molecule has 2 rings (SSSR count). The number of benzene rings is 1. The highest BCUT2D eigenvalue weighted by Gasteiger charge is 2.26. The highest BCUT2D eigenvalue weighted by Crippen LogP contribution is 2.34. The van der Waals surface area contributed by atoms with Crippen LogP contribution in [0, 0.1) is 5.92 Å². The van der Waals surface area contributed by atoms with Crippen LogP contribution in [-0.4, -0.2) is 25.9 Å². The van der Waals surface area contributed by atoms with E-state index in [1.165, 1.54) is 0 Å². The van der Waals surface area contributed by atoms with Gasteiger partial charge in [0.05, 0.1) is 13.2 Å². The monoisotopic (exact) mass is 307 g/mol. The molecule has 1 aromatic carbocycles. The second-order valence-electron chi connectivity index (χ2n) is 5.21. The number of halogens is 4. The van der Waals surface area contributed by atoms with Gasteiger partial charge in [-0.2, -0.15) is 13.2 Å². The predicted molar refractivity (Wildman–Crippen MR) is 72.4 cm³/mol. The molecule has 0 spiro atoms. The Morgan fingerprint density at radius 3 is 2.85 bits per heavy atom. The molecule has 1 unspecified atom stereocenters. The zero-order valence-corrected chi connectivity index (χ0v) is 11.9. The van der Waals surface area contributed by atoms with Crippen molar-refractivity contribution < 1.29 is 17.9 Å². The van der Waals surface area contributed by atoms with E-state index in [1.54, 1.807) is 0 Å². The van der Waals surface area contributed by atoms with Gasteiger partial charge >= 0.3 is 6.18 Å². The molecule has 0 saturated carbocycles. The summed E-state index contributed by atoms with van der Waals surface area (Å²) >= 11 is 6.06. The zero-order chi connectivity index (χ0) is 14.8. The van der Waals surface area contributed by atoms with Crippen LogP contribution in [-0.2, 0) is 12.8 Å². The van der Waals surface area contributed by atoms with Crippen LogP contribution in [0.4, 0.5) is 13.2 Å². The molecule has 1 aliphatic rings. The van der Waals surface area contributed by atoms with E-state index in [2.05, 4.69) is 5.32 Å². The van der Waals surface area contributed by atoms with Gasteiger partial charge in [-0.3, -0.25) is 0 Å². The summed E-state index contributed by atoms with van der Waals surface area (Å²) in [5.74, 6) is 0.932. The lowest BCUT2D eigenvalue weighted by Gasteiger charge is -2.16. The molecule has 1 aliphatic heterocycles. The first kappa shape index (κ1) is 15.4. The van der Waals surface area contributed by atoms with Crippen LogP contribution >= 0.6 is 11.6 Å². The minimum atomic E-state index is -4.17. The van der Waals surface area contributed by atoms with Gasteiger partial charge in [-0.25, -0.2) is 0 Å². The largest absolute Gasteiger partial charge is 0.493 e. The maximum Gasteiger partial charge on any atom is 0.401 e. The lowest BCUT2D eigenvalue weighted by atomic mass is 9.98. The van der Waals surface area contributed by atoms with Crippen molar-refractivity contribution in [3.8, 4) is 5.75 Å². The van der Waals surface area contributed by atoms with Crippen molar-refractivity contribution in [2.75, 3.05) is 19.7 Å². The molecular formula is C14H17ClF3NO. The molecule has 112 valence electrons. The number of rotatable bonds is 5. The fourth-order valence-corrected chi connectivity index (χ4v) is 2.67. The van der Waals surface area contributed by atoms with E-state index < -0.39 is 12.7 Å². The standard InChI is InChI=1S/C14H17ClF3NO/c1-9(7-19-8-14(16,17)18)4-11-6-12(15)5-10-2-3-20-13(10)11/h5-6,9,19H,2-4,7-8H2,1H3. The summed E-state index contributed by atoms with van der Waals surface area (Å²) in [6.07, 6.45) is -2.68. The average molecular weight is 308 g/mol. The third-order valence-electron chi connectivity index (χ3n) is 3.21. The quantitative estimate of drug-likeness (QED) is 0.897. The predicted octanol–water partition coefficient (Wildman–Crippen LogP) is 3.61. The molecule has 0 radical (unpaired) electrons. The normalized spacial score (nSPS) is 15.8. The van der Waals surface area contributed by atoms with Gasteiger partial charge < -0.3 is 10.1 Å². The van der Waals surface area contributed by atoms with Crippen molar-refractivity contribution in [3.63, 3.8) is 0 Å². The minimum absolute atomic E-state index is 0.0733. The third-order valence-corrected chi connectivity index (χ3v) is 3.43.